The Hall–Kier alpha value is -1.60. The molecule has 2 aromatic rings. The summed E-state index contributed by atoms with van der Waals surface area (Å²) in [7, 11) is 0. The summed E-state index contributed by atoms with van der Waals surface area (Å²) in [4.78, 5) is 1.83. The lowest BCUT2D eigenvalue weighted by molar-refractivity contribution is 0.0180. The van der Waals surface area contributed by atoms with Crippen LogP contribution in [0.1, 0.15) is 24.1 Å². The van der Waals surface area contributed by atoms with Crippen molar-refractivity contribution in [2.24, 2.45) is 0 Å². The summed E-state index contributed by atoms with van der Waals surface area (Å²) in [5, 5.41) is 3.20. The second-order valence-electron chi connectivity index (χ2n) is 6.48. The number of rotatable bonds is 8. The van der Waals surface area contributed by atoms with E-state index in [4.69, 9.17) is 9.47 Å². The first kappa shape index (κ1) is 25.4. The first-order chi connectivity index (χ1) is 13.2. The lowest BCUT2D eigenvalue weighted by Crippen LogP contribution is -2.46. The molecule has 1 N–H and O–H groups in total. The predicted octanol–water partition coefficient (Wildman–Crippen LogP) is 4.72. The van der Waals surface area contributed by atoms with Crippen molar-refractivity contribution in [3.8, 4) is 11.5 Å². The first-order valence-electron chi connectivity index (χ1n) is 9.35. The highest BCUT2D eigenvalue weighted by Crippen LogP contribution is 2.35. The van der Waals surface area contributed by atoms with E-state index in [1.807, 2.05) is 42.2 Å². The van der Waals surface area contributed by atoms with Crippen LogP contribution in [0.5, 0.6) is 11.5 Å². The largest absolute Gasteiger partial charge is 0.490 e. The van der Waals surface area contributed by atoms with Crippen LogP contribution in [0.4, 0.5) is 8.78 Å². The van der Waals surface area contributed by atoms with Crippen LogP contribution in [-0.2, 0) is 6.61 Å². The summed E-state index contributed by atoms with van der Waals surface area (Å²) in [6.07, 6.45) is -2.46. The number of piperazine rings is 1. The van der Waals surface area contributed by atoms with Gasteiger partial charge in [-0.1, -0.05) is 36.4 Å². The Bertz CT molecular complexity index is 717. The van der Waals surface area contributed by atoms with Crippen LogP contribution < -0.4 is 14.8 Å². The number of halogens is 4. The van der Waals surface area contributed by atoms with E-state index in [-0.39, 0.29) is 24.8 Å². The SMILES string of the molecule is CCOc1cc([C@@H](C(F)F)N2CCNCC2)ccc1OCc1ccccc1.Cl.Cl. The fourth-order valence-electron chi connectivity index (χ4n) is 3.31. The molecule has 0 aromatic heterocycles. The highest BCUT2D eigenvalue weighted by atomic mass is 35.5. The second-order valence-corrected chi connectivity index (χ2v) is 6.48. The number of hydrogen-bond donors (Lipinski definition) is 1. The van der Waals surface area contributed by atoms with Gasteiger partial charge in [0.15, 0.2) is 11.5 Å². The second kappa shape index (κ2) is 12.9. The van der Waals surface area contributed by atoms with Crippen molar-refractivity contribution >= 4 is 24.8 Å². The average Bonchev–Trinajstić information content (AvgIpc) is 2.69. The highest BCUT2D eigenvalue weighted by molar-refractivity contribution is 5.85. The van der Waals surface area contributed by atoms with Crippen molar-refractivity contribution in [2.75, 3.05) is 32.8 Å². The smallest absolute Gasteiger partial charge is 0.258 e. The standard InChI is InChI=1S/C21H26F2N2O2.2ClH/c1-2-26-19-14-17(20(21(22)23)25-12-10-24-11-13-25)8-9-18(19)27-15-16-6-4-3-5-7-16;;/h3-9,14,20-21,24H,2,10-13,15H2,1H3;2*1H/t20-;;/m0../s1. The van der Waals surface area contributed by atoms with Crippen LogP contribution >= 0.6 is 24.8 Å². The molecular weight excluding hydrogens is 421 g/mol. The molecule has 1 aliphatic rings. The molecule has 0 amide bonds. The molecule has 0 saturated carbocycles. The molecule has 0 spiro atoms. The number of nitrogens with zero attached hydrogens (tertiary/aromatic N) is 1. The minimum Gasteiger partial charge on any atom is -0.490 e. The van der Waals surface area contributed by atoms with Gasteiger partial charge in [-0.25, -0.2) is 8.78 Å². The Morgan fingerprint density at radius 1 is 0.966 bits per heavy atom. The summed E-state index contributed by atoms with van der Waals surface area (Å²) in [5.41, 5.74) is 1.60. The van der Waals surface area contributed by atoms with Crippen molar-refractivity contribution < 1.29 is 18.3 Å². The minimum absolute atomic E-state index is 0. The fourth-order valence-corrected chi connectivity index (χ4v) is 3.31. The van der Waals surface area contributed by atoms with Gasteiger partial charge in [-0.3, -0.25) is 4.90 Å². The molecule has 2 aromatic carbocycles. The molecule has 29 heavy (non-hydrogen) atoms. The van der Waals surface area contributed by atoms with Gasteiger partial charge in [-0.05, 0) is 30.2 Å². The number of ether oxygens (including phenoxy) is 2. The maximum absolute atomic E-state index is 13.8. The van der Waals surface area contributed by atoms with Crippen LogP contribution in [0.3, 0.4) is 0 Å². The molecule has 1 atom stereocenters. The Labute approximate surface area is 183 Å². The maximum atomic E-state index is 13.8. The van der Waals surface area contributed by atoms with E-state index in [2.05, 4.69) is 5.32 Å². The normalized spacial score (nSPS) is 15.2. The Balaban J connectivity index is 0.00000210. The lowest BCUT2D eigenvalue weighted by Gasteiger charge is -2.34. The van der Waals surface area contributed by atoms with Crippen LogP contribution in [-0.4, -0.2) is 44.1 Å². The monoisotopic (exact) mass is 448 g/mol. The van der Waals surface area contributed by atoms with Gasteiger partial charge in [0.1, 0.15) is 6.61 Å². The molecule has 1 aliphatic heterocycles. The molecular formula is C21H28Cl2F2N2O2. The van der Waals surface area contributed by atoms with Gasteiger partial charge in [-0.2, -0.15) is 0 Å². The van der Waals surface area contributed by atoms with E-state index in [1.165, 1.54) is 0 Å². The zero-order chi connectivity index (χ0) is 19.1. The van der Waals surface area contributed by atoms with E-state index in [0.29, 0.717) is 43.4 Å². The topological polar surface area (TPSA) is 33.7 Å². The molecule has 0 aliphatic carbocycles. The third-order valence-corrected chi connectivity index (χ3v) is 4.63. The van der Waals surface area contributed by atoms with Crippen LogP contribution in [0.15, 0.2) is 48.5 Å². The molecule has 1 heterocycles. The molecule has 1 saturated heterocycles. The number of alkyl halides is 2. The van der Waals surface area contributed by atoms with Gasteiger partial charge < -0.3 is 14.8 Å². The molecule has 0 unspecified atom stereocenters. The summed E-state index contributed by atoms with van der Waals surface area (Å²) in [6.45, 7) is 5.36. The highest BCUT2D eigenvalue weighted by Gasteiger charge is 2.30. The molecule has 1 fully saturated rings. The van der Waals surface area contributed by atoms with Crippen LogP contribution in [0.2, 0.25) is 0 Å². The number of hydrogen-bond acceptors (Lipinski definition) is 4. The summed E-state index contributed by atoms with van der Waals surface area (Å²) >= 11 is 0. The van der Waals surface area contributed by atoms with Gasteiger partial charge in [0.2, 0.25) is 0 Å². The van der Waals surface area contributed by atoms with Crippen molar-refractivity contribution in [1.82, 2.24) is 10.2 Å². The predicted molar refractivity (Wildman–Crippen MR) is 116 cm³/mol. The zero-order valence-electron chi connectivity index (χ0n) is 16.4. The van der Waals surface area contributed by atoms with Crippen molar-refractivity contribution in [3.63, 3.8) is 0 Å². The van der Waals surface area contributed by atoms with E-state index < -0.39 is 12.5 Å². The Morgan fingerprint density at radius 3 is 2.28 bits per heavy atom. The fraction of sp³-hybridized carbons (Fsp3) is 0.429. The van der Waals surface area contributed by atoms with E-state index in [1.54, 1.807) is 18.2 Å². The Kier molecular flexibility index (Phi) is 11.3. The van der Waals surface area contributed by atoms with Gasteiger partial charge >= 0.3 is 0 Å². The summed E-state index contributed by atoms with van der Waals surface area (Å²) in [5.74, 6) is 1.07. The molecule has 0 bridgehead atoms. The van der Waals surface area contributed by atoms with Crippen LogP contribution in [0, 0.1) is 0 Å². The maximum Gasteiger partial charge on any atom is 0.258 e. The average molecular weight is 449 g/mol. The third-order valence-electron chi connectivity index (χ3n) is 4.63. The van der Waals surface area contributed by atoms with Gasteiger partial charge in [0.25, 0.3) is 6.43 Å². The lowest BCUT2D eigenvalue weighted by atomic mass is 10.0. The van der Waals surface area contributed by atoms with Gasteiger partial charge in [0.05, 0.1) is 12.6 Å². The Morgan fingerprint density at radius 2 is 1.66 bits per heavy atom. The van der Waals surface area contributed by atoms with Crippen LogP contribution in [0.25, 0.3) is 0 Å². The van der Waals surface area contributed by atoms with Crippen molar-refractivity contribution in [1.29, 1.82) is 0 Å². The van der Waals surface area contributed by atoms with Crippen molar-refractivity contribution in [3.05, 3.63) is 59.7 Å². The zero-order valence-corrected chi connectivity index (χ0v) is 18.0. The third kappa shape index (κ3) is 7.00. The number of nitrogens with one attached hydrogen (secondary N) is 1. The molecule has 0 radical (unpaired) electrons. The molecule has 162 valence electrons. The van der Waals surface area contributed by atoms with E-state index >= 15 is 0 Å². The molecule has 8 heteroatoms. The van der Waals surface area contributed by atoms with Crippen molar-refractivity contribution in [2.45, 2.75) is 26.0 Å². The molecule has 3 rings (SSSR count). The van der Waals surface area contributed by atoms with E-state index in [0.717, 1.165) is 18.7 Å². The summed E-state index contributed by atoms with van der Waals surface area (Å²) < 4.78 is 39.2. The minimum atomic E-state index is -2.46. The van der Waals surface area contributed by atoms with E-state index in [9.17, 15) is 8.78 Å². The van der Waals surface area contributed by atoms with Gasteiger partial charge in [0, 0.05) is 26.2 Å². The van der Waals surface area contributed by atoms with Gasteiger partial charge in [-0.15, -0.1) is 24.8 Å². The quantitative estimate of drug-likeness (QED) is 0.633. The molecule has 4 nitrogen and oxygen atoms in total. The number of benzene rings is 2. The first-order valence-corrected chi connectivity index (χ1v) is 9.35. The summed E-state index contributed by atoms with van der Waals surface area (Å²) in [6, 6.07) is 14.0.